The van der Waals surface area contributed by atoms with Crippen LogP contribution in [0.5, 0.6) is 11.5 Å². The third-order valence-corrected chi connectivity index (χ3v) is 4.88. The molecule has 0 aliphatic carbocycles. The first-order chi connectivity index (χ1) is 18.1. The highest BCUT2D eigenvalue weighted by Gasteiger charge is 2.80. The molecule has 3 rings (SSSR count). The largest absolute Gasteiger partial charge is 0.527 e. The Balaban J connectivity index is 1.83. The van der Waals surface area contributed by atoms with Gasteiger partial charge in [0, 0.05) is 16.8 Å². The molecule has 0 fully saturated rings. The predicted octanol–water partition coefficient (Wildman–Crippen LogP) is 6.77. The lowest BCUT2D eigenvalue weighted by atomic mass is 10.1. The van der Waals surface area contributed by atoms with Gasteiger partial charge in [0.2, 0.25) is 0 Å². The van der Waals surface area contributed by atoms with Gasteiger partial charge < -0.3 is 14.8 Å². The number of benzene rings is 2. The van der Waals surface area contributed by atoms with Crippen molar-refractivity contribution in [1.29, 1.82) is 0 Å². The molecule has 1 aliphatic rings. The zero-order valence-electron chi connectivity index (χ0n) is 18.9. The Morgan fingerprint density at radius 2 is 1.27 bits per heavy atom. The first-order valence-corrected chi connectivity index (χ1v) is 10.3. The molecule has 0 saturated heterocycles. The van der Waals surface area contributed by atoms with Crippen molar-refractivity contribution in [3.8, 4) is 11.5 Å². The predicted molar refractivity (Wildman–Crippen MR) is 104 cm³/mol. The molecule has 1 amide bonds. The number of rotatable bonds is 9. The summed E-state index contributed by atoms with van der Waals surface area (Å²) in [5.74, 6) is -14.2. The summed E-state index contributed by atoms with van der Waals surface area (Å²) in [6.07, 6.45) is -28.0. The van der Waals surface area contributed by atoms with Crippen LogP contribution >= 0.6 is 0 Å². The lowest BCUT2D eigenvalue weighted by Gasteiger charge is -2.35. The van der Waals surface area contributed by atoms with Crippen molar-refractivity contribution < 1.29 is 80.8 Å². The number of nitrogens with one attached hydrogen (secondary N) is 1. The minimum Gasteiger partial charge on any atom is -0.486 e. The highest BCUT2D eigenvalue weighted by molar-refractivity contribution is 6.04. The van der Waals surface area contributed by atoms with Crippen molar-refractivity contribution in [2.24, 2.45) is 0 Å². The molecule has 40 heavy (non-hydrogen) atoms. The number of carbonyl (C=O) groups is 1. The monoisotopic (exact) mass is 605 g/mol. The van der Waals surface area contributed by atoms with Crippen LogP contribution in [0.15, 0.2) is 42.5 Å². The van der Waals surface area contributed by atoms with Crippen LogP contribution in [-0.2, 0) is 15.4 Å². The third kappa shape index (κ3) is 6.13. The zero-order chi connectivity index (χ0) is 30.4. The molecule has 0 spiro atoms. The normalized spacial score (nSPS) is 15.1. The fourth-order valence-electron chi connectivity index (χ4n) is 3.02. The fraction of sp³-hybridized carbons (Fsp3) is 0.381. The molecule has 1 N–H and O–H groups in total. The van der Waals surface area contributed by atoms with Gasteiger partial charge in [0.05, 0.1) is 0 Å². The summed E-state index contributed by atoms with van der Waals surface area (Å²) in [7, 11) is 0. The van der Waals surface area contributed by atoms with Crippen molar-refractivity contribution in [1.82, 2.24) is 0 Å². The molecule has 0 radical (unpaired) electrons. The minimum absolute atomic E-state index is 0.0742. The Morgan fingerprint density at radius 1 is 0.700 bits per heavy atom. The van der Waals surface area contributed by atoms with E-state index >= 15 is 0 Å². The van der Waals surface area contributed by atoms with Crippen LogP contribution in [0.4, 0.5) is 62.8 Å². The number of hydrogen-bond acceptors (Lipinski definition) is 5. The molecule has 6 nitrogen and oxygen atoms in total. The topological polar surface area (TPSA) is 66.0 Å². The summed E-state index contributed by atoms with van der Waals surface area (Å²) in [5, 5.41) is 2.00. The number of hydrogen-bond donors (Lipinski definition) is 1. The van der Waals surface area contributed by atoms with Crippen molar-refractivity contribution in [2.45, 2.75) is 36.5 Å². The van der Waals surface area contributed by atoms with E-state index in [4.69, 9.17) is 9.47 Å². The number of carbonyl (C=O) groups excluding carboxylic acids is 1. The third-order valence-electron chi connectivity index (χ3n) is 4.88. The Hall–Kier alpha value is -3.48. The Morgan fingerprint density at radius 3 is 1.88 bits per heavy atom. The van der Waals surface area contributed by atoms with Gasteiger partial charge in [-0.1, -0.05) is 12.1 Å². The number of ether oxygens (including phenoxy) is 4. The smallest absolute Gasteiger partial charge is 0.486 e. The standard InChI is InChI=1S/C21H12F13NO5/c22-16(23,18(26,27)39-19(28,29)17(24,25)20(30,31)40-21(32,33)34)11-2-1-3-12(9-11)35-15(36)10-4-5-13-14(8-10)38-7-6-37-13/h1-5,8-9H,6-7H2,(H,35,36). The Bertz CT molecular complexity index is 1250. The lowest BCUT2D eigenvalue weighted by Crippen LogP contribution is -2.61. The van der Waals surface area contributed by atoms with Crippen molar-refractivity contribution in [2.75, 3.05) is 18.5 Å². The van der Waals surface area contributed by atoms with E-state index in [9.17, 15) is 61.9 Å². The van der Waals surface area contributed by atoms with Crippen LogP contribution in [-0.4, -0.2) is 49.7 Å². The molecule has 0 bridgehead atoms. The molecule has 19 heteroatoms. The highest BCUT2D eigenvalue weighted by Crippen LogP contribution is 2.54. The van der Waals surface area contributed by atoms with Gasteiger partial charge in [-0.25, -0.2) is 9.47 Å². The number of halogens is 13. The second-order valence-corrected chi connectivity index (χ2v) is 7.74. The van der Waals surface area contributed by atoms with E-state index in [1.807, 2.05) is 10.1 Å². The second-order valence-electron chi connectivity index (χ2n) is 7.74. The Kier molecular flexibility index (Phi) is 7.89. The average molecular weight is 605 g/mol. The van der Waals surface area contributed by atoms with Crippen molar-refractivity contribution >= 4 is 11.6 Å². The minimum atomic E-state index is -7.53. The lowest BCUT2D eigenvalue weighted by molar-refractivity contribution is -0.535. The van der Waals surface area contributed by atoms with Crippen molar-refractivity contribution in [3.63, 3.8) is 0 Å². The number of anilines is 1. The summed E-state index contributed by atoms with van der Waals surface area (Å²) in [6.45, 7) is 0.338. The van der Waals surface area contributed by atoms with Gasteiger partial charge >= 0.3 is 36.5 Å². The molecule has 1 heterocycles. The van der Waals surface area contributed by atoms with Gasteiger partial charge in [0.15, 0.2) is 11.5 Å². The SMILES string of the molecule is O=C(Nc1cccc(C(F)(F)C(F)(F)OC(F)(F)C(F)(F)C(F)(F)OC(F)(F)F)c1)c1ccc2c(c1)OCCO2. The van der Waals surface area contributed by atoms with Crippen molar-refractivity contribution in [3.05, 3.63) is 53.6 Å². The van der Waals surface area contributed by atoms with E-state index in [1.165, 1.54) is 18.2 Å². The Labute approximate surface area is 213 Å². The number of alkyl halides is 13. The van der Waals surface area contributed by atoms with Gasteiger partial charge in [0.25, 0.3) is 5.91 Å². The van der Waals surface area contributed by atoms with Crippen LogP contribution in [0.3, 0.4) is 0 Å². The summed E-state index contributed by atoms with van der Waals surface area (Å²) >= 11 is 0. The molecule has 0 atom stereocenters. The molecule has 0 unspecified atom stereocenters. The summed E-state index contributed by atoms with van der Waals surface area (Å²) in [5.41, 5.74) is -2.79. The van der Waals surface area contributed by atoms with Crippen LogP contribution < -0.4 is 14.8 Å². The highest BCUT2D eigenvalue weighted by atomic mass is 19.4. The molecule has 0 aromatic heterocycles. The van der Waals surface area contributed by atoms with E-state index in [1.54, 1.807) is 4.74 Å². The molecular formula is C21H12F13NO5. The van der Waals surface area contributed by atoms with Crippen LogP contribution in [0, 0.1) is 0 Å². The maximum atomic E-state index is 14.5. The van der Waals surface area contributed by atoms with Gasteiger partial charge in [0.1, 0.15) is 13.2 Å². The van der Waals surface area contributed by atoms with Gasteiger partial charge in [-0.05, 0) is 30.3 Å². The molecule has 2 aromatic rings. The zero-order valence-corrected chi connectivity index (χ0v) is 18.9. The maximum absolute atomic E-state index is 14.5. The fourth-order valence-corrected chi connectivity index (χ4v) is 3.02. The summed E-state index contributed by atoms with van der Waals surface area (Å²) < 4.78 is 187. The average Bonchev–Trinajstić information content (AvgIpc) is 2.81. The van der Waals surface area contributed by atoms with E-state index in [-0.39, 0.29) is 42.4 Å². The van der Waals surface area contributed by atoms with E-state index in [0.717, 1.165) is 6.07 Å². The van der Waals surface area contributed by atoms with E-state index < -0.39 is 53.7 Å². The first-order valence-electron chi connectivity index (χ1n) is 10.3. The molecule has 2 aromatic carbocycles. The molecule has 0 saturated carbocycles. The molecule has 222 valence electrons. The summed E-state index contributed by atoms with van der Waals surface area (Å²) in [4.78, 5) is 12.4. The van der Waals surface area contributed by atoms with Gasteiger partial charge in [-0.15, -0.1) is 13.2 Å². The van der Waals surface area contributed by atoms with Crippen LogP contribution in [0.1, 0.15) is 15.9 Å². The van der Waals surface area contributed by atoms with E-state index in [2.05, 4.69) is 0 Å². The van der Waals surface area contributed by atoms with E-state index in [0.29, 0.717) is 6.07 Å². The number of fused-ring (bicyclic) bond motifs is 1. The second kappa shape index (κ2) is 10.2. The van der Waals surface area contributed by atoms with Crippen LogP contribution in [0.2, 0.25) is 0 Å². The molecular weight excluding hydrogens is 593 g/mol. The van der Waals surface area contributed by atoms with Gasteiger partial charge in [-0.3, -0.25) is 4.79 Å². The van der Waals surface area contributed by atoms with Crippen LogP contribution in [0.25, 0.3) is 0 Å². The number of amides is 1. The summed E-state index contributed by atoms with van der Waals surface area (Å²) in [6, 6.07) is 5.32. The quantitative estimate of drug-likeness (QED) is 0.320. The van der Waals surface area contributed by atoms with Gasteiger partial charge in [-0.2, -0.15) is 43.9 Å². The first kappa shape index (κ1) is 31.1. The maximum Gasteiger partial charge on any atom is 0.527 e. The molecule has 1 aliphatic heterocycles.